The molecule has 4 nitrogen and oxygen atoms in total. The van der Waals surface area contributed by atoms with Crippen molar-refractivity contribution in [3.05, 3.63) is 112 Å². The number of oxazole rings is 1. The van der Waals surface area contributed by atoms with Gasteiger partial charge in [0.05, 0.1) is 11.3 Å². The molecule has 1 aromatic heterocycles. The van der Waals surface area contributed by atoms with Crippen molar-refractivity contribution in [3.63, 3.8) is 0 Å². The van der Waals surface area contributed by atoms with Crippen LogP contribution in [-0.4, -0.2) is 16.3 Å². The van der Waals surface area contributed by atoms with Gasteiger partial charge in [0.15, 0.2) is 5.58 Å². The Morgan fingerprint density at radius 1 is 0.875 bits per heavy atom. The molecule has 0 aliphatic rings. The van der Waals surface area contributed by atoms with Crippen molar-refractivity contribution in [2.75, 3.05) is 0 Å². The van der Waals surface area contributed by atoms with Crippen LogP contribution < -0.4 is 0 Å². The second-order valence-corrected chi connectivity index (χ2v) is 8.32. The maximum Gasteiger partial charge on any atom is 0.228 e. The van der Waals surface area contributed by atoms with E-state index in [9.17, 15) is 5.11 Å². The van der Waals surface area contributed by atoms with Crippen LogP contribution in [0.1, 0.15) is 16.7 Å². The van der Waals surface area contributed by atoms with E-state index in [1.807, 2.05) is 72.8 Å². The first-order chi connectivity index (χ1) is 15.7. The van der Waals surface area contributed by atoms with Gasteiger partial charge in [-0.25, -0.2) is 4.98 Å². The third kappa shape index (κ3) is 4.34. The molecule has 156 valence electrons. The lowest BCUT2D eigenvalue weighted by Crippen LogP contribution is -1.91. The maximum atomic E-state index is 10.3. The number of phenolic OH excluding ortho intramolecular Hbond substituents is 1. The van der Waals surface area contributed by atoms with E-state index in [4.69, 9.17) is 4.42 Å². The summed E-state index contributed by atoms with van der Waals surface area (Å²) in [5, 5.41) is 10.3. The molecule has 0 amide bonds. The second-order valence-electron chi connectivity index (χ2n) is 7.46. The fourth-order valence-corrected chi connectivity index (χ4v) is 3.99. The van der Waals surface area contributed by atoms with E-state index in [0.717, 1.165) is 33.2 Å². The van der Waals surface area contributed by atoms with E-state index in [-0.39, 0.29) is 5.75 Å². The largest absolute Gasteiger partial charge is 0.507 e. The molecule has 0 spiro atoms. The molecular formula is C27H19BrN2O2. The molecule has 4 aromatic carbocycles. The SMILES string of the molecule is Oc1ccc(Cc2ccccc2)cc1C=Nc1ccc2oc(-c3ccccc3Br)nc2c1. The average molecular weight is 483 g/mol. The van der Waals surface area contributed by atoms with Crippen LogP contribution in [0.4, 0.5) is 5.69 Å². The van der Waals surface area contributed by atoms with Gasteiger partial charge in [-0.15, -0.1) is 0 Å². The minimum atomic E-state index is 0.198. The highest BCUT2D eigenvalue weighted by Gasteiger charge is 2.11. The van der Waals surface area contributed by atoms with Crippen molar-refractivity contribution in [1.29, 1.82) is 0 Å². The Hall–Kier alpha value is -3.70. The highest BCUT2D eigenvalue weighted by atomic mass is 79.9. The molecule has 0 bridgehead atoms. The van der Waals surface area contributed by atoms with Crippen LogP contribution in [0.15, 0.2) is 105 Å². The highest BCUT2D eigenvalue weighted by Crippen LogP contribution is 2.31. The number of aromatic hydroxyl groups is 1. The van der Waals surface area contributed by atoms with E-state index in [1.165, 1.54) is 5.56 Å². The first-order valence-corrected chi connectivity index (χ1v) is 11.0. The van der Waals surface area contributed by atoms with Gasteiger partial charge < -0.3 is 9.52 Å². The number of hydrogen-bond acceptors (Lipinski definition) is 4. The maximum absolute atomic E-state index is 10.3. The van der Waals surface area contributed by atoms with Crippen molar-refractivity contribution in [2.24, 2.45) is 4.99 Å². The van der Waals surface area contributed by atoms with E-state index in [1.54, 1.807) is 12.3 Å². The Balaban J connectivity index is 1.41. The van der Waals surface area contributed by atoms with Gasteiger partial charge in [-0.1, -0.05) is 48.5 Å². The zero-order valence-corrected chi connectivity index (χ0v) is 18.7. The van der Waals surface area contributed by atoms with Crippen LogP contribution in [0.5, 0.6) is 5.75 Å². The molecule has 0 unspecified atom stereocenters. The number of aromatic nitrogens is 1. The predicted octanol–water partition coefficient (Wildman–Crippen LogP) is 7.30. The first kappa shape index (κ1) is 20.2. The summed E-state index contributed by atoms with van der Waals surface area (Å²) >= 11 is 3.54. The Bertz CT molecular complexity index is 1420. The normalized spacial score (nSPS) is 11.4. The van der Waals surface area contributed by atoms with Gasteiger partial charge in [0.1, 0.15) is 11.3 Å². The van der Waals surface area contributed by atoms with Gasteiger partial charge in [0.2, 0.25) is 5.89 Å². The molecule has 5 rings (SSSR count). The third-order valence-electron chi connectivity index (χ3n) is 5.17. The molecule has 0 atom stereocenters. The summed E-state index contributed by atoms with van der Waals surface area (Å²) in [6.07, 6.45) is 2.48. The minimum absolute atomic E-state index is 0.198. The molecule has 0 radical (unpaired) electrons. The van der Waals surface area contributed by atoms with E-state index in [0.29, 0.717) is 17.0 Å². The van der Waals surface area contributed by atoms with Crippen molar-refractivity contribution in [1.82, 2.24) is 4.98 Å². The number of rotatable bonds is 5. The monoisotopic (exact) mass is 482 g/mol. The topological polar surface area (TPSA) is 58.6 Å². The van der Waals surface area contributed by atoms with Crippen LogP contribution in [0.2, 0.25) is 0 Å². The molecule has 0 aliphatic carbocycles. The molecule has 0 fully saturated rings. The molecule has 5 heteroatoms. The Morgan fingerprint density at radius 2 is 1.69 bits per heavy atom. The Morgan fingerprint density at radius 3 is 2.53 bits per heavy atom. The molecule has 0 saturated heterocycles. The number of hydrogen-bond donors (Lipinski definition) is 1. The van der Waals surface area contributed by atoms with Crippen molar-refractivity contribution in [2.45, 2.75) is 6.42 Å². The van der Waals surface area contributed by atoms with Crippen LogP contribution in [0, 0.1) is 0 Å². The fourth-order valence-electron chi connectivity index (χ4n) is 3.54. The second kappa shape index (κ2) is 8.81. The van der Waals surface area contributed by atoms with Gasteiger partial charge in [0.25, 0.3) is 0 Å². The van der Waals surface area contributed by atoms with Crippen molar-refractivity contribution in [3.8, 4) is 17.2 Å². The number of phenols is 1. The number of aliphatic imine (C=N–C) groups is 1. The van der Waals surface area contributed by atoms with Crippen LogP contribution in [-0.2, 0) is 6.42 Å². The number of nitrogens with zero attached hydrogens (tertiary/aromatic N) is 2. The summed E-state index contributed by atoms with van der Waals surface area (Å²) in [5.41, 5.74) is 6.06. The molecule has 1 heterocycles. The summed E-state index contributed by atoms with van der Waals surface area (Å²) in [6.45, 7) is 0. The smallest absolute Gasteiger partial charge is 0.228 e. The van der Waals surface area contributed by atoms with Crippen LogP contribution in [0.25, 0.3) is 22.6 Å². The molecule has 32 heavy (non-hydrogen) atoms. The van der Waals surface area contributed by atoms with Crippen molar-refractivity contribution >= 4 is 38.9 Å². The number of fused-ring (bicyclic) bond motifs is 1. The summed E-state index contributed by atoms with van der Waals surface area (Å²) in [5.74, 6) is 0.754. The standard InChI is InChI=1S/C27H19BrN2O2/c28-23-9-5-4-8-22(23)27-30-24-16-21(11-13-26(24)32-27)29-17-20-15-19(10-12-25(20)31)14-18-6-2-1-3-7-18/h1-13,15-17,31H,14H2. The van der Waals surface area contributed by atoms with E-state index < -0.39 is 0 Å². The van der Waals surface area contributed by atoms with E-state index in [2.05, 4.69) is 38.0 Å². The highest BCUT2D eigenvalue weighted by molar-refractivity contribution is 9.10. The van der Waals surface area contributed by atoms with Gasteiger partial charge in [-0.3, -0.25) is 4.99 Å². The summed E-state index contributed by atoms with van der Waals surface area (Å²) in [7, 11) is 0. The Kier molecular flexibility index (Phi) is 5.57. The zero-order chi connectivity index (χ0) is 21.9. The lowest BCUT2D eigenvalue weighted by atomic mass is 10.0. The average Bonchev–Trinajstić information content (AvgIpc) is 3.23. The van der Waals surface area contributed by atoms with Crippen LogP contribution >= 0.6 is 15.9 Å². The summed E-state index contributed by atoms with van der Waals surface area (Å²) in [4.78, 5) is 9.18. The predicted molar refractivity (Wildman–Crippen MR) is 132 cm³/mol. The molecular weight excluding hydrogens is 464 g/mol. The number of benzene rings is 4. The lowest BCUT2D eigenvalue weighted by Gasteiger charge is -2.05. The summed E-state index contributed by atoms with van der Waals surface area (Å²) in [6, 6.07) is 29.3. The fraction of sp³-hybridized carbons (Fsp3) is 0.0370. The van der Waals surface area contributed by atoms with Gasteiger partial charge in [0, 0.05) is 16.3 Å². The quantitative estimate of drug-likeness (QED) is 0.267. The molecule has 0 aliphatic heterocycles. The number of halogens is 1. The first-order valence-electron chi connectivity index (χ1n) is 10.2. The third-order valence-corrected chi connectivity index (χ3v) is 5.86. The Labute approximate surface area is 194 Å². The zero-order valence-electron chi connectivity index (χ0n) is 17.1. The van der Waals surface area contributed by atoms with Gasteiger partial charge >= 0.3 is 0 Å². The lowest BCUT2D eigenvalue weighted by molar-refractivity contribution is 0.474. The molecule has 0 saturated carbocycles. The molecule has 1 N–H and O–H groups in total. The van der Waals surface area contributed by atoms with Gasteiger partial charge in [-0.05, 0) is 75.9 Å². The molecule has 5 aromatic rings. The van der Waals surface area contributed by atoms with Gasteiger partial charge in [-0.2, -0.15) is 0 Å². The van der Waals surface area contributed by atoms with Crippen LogP contribution in [0.3, 0.4) is 0 Å². The summed E-state index contributed by atoms with van der Waals surface area (Å²) < 4.78 is 6.84. The minimum Gasteiger partial charge on any atom is -0.507 e. The van der Waals surface area contributed by atoms with Crippen molar-refractivity contribution < 1.29 is 9.52 Å². The van der Waals surface area contributed by atoms with E-state index >= 15 is 0 Å².